The molecule has 0 aliphatic heterocycles. The number of fused-ring (bicyclic) bond motifs is 1. The fraction of sp³-hybridized carbons (Fsp3) is 0.318. The molecule has 0 unspecified atom stereocenters. The van der Waals surface area contributed by atoms with Crippen LogP contribution in [0.2, 0.25) is 5.02 Å². The zero-order valence-corrected chi connectivity index (χ0v) is 16.4. The first-order valence-corrected chi connectivity index (χ1v) is 9.60. The minimum Gasteiger partial charge on any atom is -0.383 e. The normalized spacial score (nSPS) is 12.5. The molecule has 136 valence electrons. The van der Waals surface area contributed by atoms with E-state index < -0.39 is 0 Å². The molecule has 0 fully saturated rings. The molecule has 3 aromatic rings. The fourth-order valence-corrected chi connectivity index (χ4v) is 3.77. The first kappa shape index (κ1) is 18.7. The first-order chi connectivity index (χ1) is 12.6. The van der Waals surface area contributed by atoms with Crippen molar-refractivity contribution in [1.29, 1.82) is 0 Å². The summed E-state index contributed by atoms with van der Waals surface area (Å²) in [6, 6.07) is 18.7. The SMILES string of the molecule is CCN(CC)[C@H](CNc1cc(C)nc2ccccc12)c1ccccc1Cl. The lowest BCUT2D eigenvalue weighted by atomic mass is 10.0. The van der Waals surface area contributed by atoms with Crippen LogP contribution in [0.1, 0.15) is 31.1 Å². The maximum atomic E-state index is 6.51. The van der Waals surface area contributed by atoms with Gasteiger partial charge in [-0.1, -0.05) is 61.8 Å². The predicted octanol–water partition coefficient (Wildman–Crippen LogP) is 5.69. The van der Waals surface area contributed by atoms with E-state index in [0.717, 1.165) is 46.9 Å². The zero-order chi connectivity index (χ0) is 18.5. The number of para-hydroxylation sites is 1. The van der Waals surface area contributed by atoms with Crippen LogP contribution in [-0.2, 0) is 0 Å². The van der Waals surface area contributed by atoms with Gasteiger partial charge in [0.25, 0.3) is 0 Å². The van der Waals surface area contributed by atoms with Crippen LogP contribution >= 0.6 is 11.6 Å². The largest absolute Gasteiger partial charge is 0.383 e. The Morgan fingerprint density at radius 3 is 2.46 bits per heavy atom. The molecule has 0 bridgehead atoms. The number of benzene rings is 2. The molecule has 0 radical (unpaired) electrons. The molecule has 0 saturated heterocycles. The minimum atomic E-state index is 0.214. The van der Waals surface area contributed by atoms with Crippen LogP contribution in [0.15, 0.2) is 54.6 Å². The third-order valence-corrected chi connectivity index (χ3v) is 5.19. The van der Waals surface area contributed by atoms with Crippen molar-refractivity contribution in [1.82, 2.24) is 9.88 Å². The Hall–Kier alpha value is -2.10. The molecule has 3 rings (SSSR count). The molecule has 0 spiro atoms. The molecule has 1 N–H and O–H groups in total. The van der Waals surface area contributed by atoms with Crippen LogP contribution in [-0.4, -0.2) is 29.5 Å². The molecule has 0 aliphatic carbocycles. The lowest BCUT2D eigenvalue weighted by molar-refractivity contribution is 0.228. The van der Waals surface area contributed by atoms with Crippen molar-refractivity contribution in [3.05, 3.63) is 70.9 Å². The average Bonchev–Trinajstić information content (AvgIpc) is 2.65. The summed E-state index contributed by atoms with van der Waals surface area (Å²) in [7, 11) is 0. The van der Waals surface area contributed by atoms with Crippen LogP contribution < -0.4 is 5.32 Å². The van der Waals surface area contributed by atoms with Crippen molar-refractivity contribution in [2.75, 3.05) is 25.0 Å². The van der Waals surface area contributed by atoms with Crippen molar-refractivity contribution in [3.63, 3.8) is 0 Å². The van der Waals surface area contributed by atoms with Gasteiger partial charge in [-0.2, -0.15) is 0 Å². The number of hydrogen-bond acceptors (Lipinski definition) is 3. The Morgan fingerprint density at radius 1 is 1.04 bits per heavy atom. The summed E-state index contributed by atoms with van der Waals surface area (Å²) in [4.78, 5) is 7.07. The molecule has 4 heteroatoms. The Kier molecular flexibility index (Phi) is 6.12. The number of aromatic nitrogens is 1. The summed E-state index contributed by atoms with van der Waals surface area (Å²) in [5.41, 5.74) is 4.33. The predicted molar refractivity (Wildman–Crippen MR) is 112 cm³/mol. The lowest BCUT2D eigenvalue weighted by Gasteiger charge is -2.31. The molecular formula is C22H26ClN3. The second-order valence-corrected chi connectivity index (χ2v) is 6.87. The average molecular weight is 368 g/mol. The molecular weight excluding hydrogens is 342 g/mol. The van der Waals surface area contributed by atoms with Gasteiger partial charge in [0, 0.05) is 28.3 Å². The number of anilines is 1. The molecule has 0 aliphatic rings. The summed E-state index contributed by atoms with van der Waals surface area (Å²) in [5.74, 6) is 0. The van der Waals surface area contributed by atoms with Gasteiger partial charge in [0.15, 0.2) is 0 Å². The monoisotopic (exact) mass is 367 g/mol. The number of nitrogens with one attached hydrogen (secondary N) is 1. The van der Waals surface area contributed by atoms with Gasteiger partial charge in [-0.25, -0.2) is 0 Å². The van der Waals surface area contributed by atoms with E-state index in [1.165, 1.54) is 5.56 Å². The Morgan fingerprint density at radius 2 is 1.73 bits per heavy atom. The number of aryl methyl sites for hydroxylation is 1. The Bertz CT molecular complexity index is 874. The molecule has 1 atom stereocenters. The lowest BCUT2D eigenvalue weighted by Crippen LogP contribution is -2.33. The van der Waals surface area contributed by atoms with E-state index in [-0.39, 0.29) is 6.04 Å². The highest BCUT2D eigenvalue weighted by Crippen LogP contribution is 2.29. The number of likely N-dealkylation sites (N-methyl/N-ethyl adjacent to an activating group) is 1. The molecule has 0 amide bonds. The Balaban J connectivity index is 1.93. The van der Waals surface area contributed by atoms with E-state index in [0.29, 0.717) is 0 Å². The number of halogens is 1. The fourth-order valence-electron chi connectivity index (χ4n) is 3.51. The van der Waals surface area contributed by atoms with E-state index in [9.17, 15) is 0 Å². The van der Waals surface area contributed by atoms with Crippen LogP contribution in [0.3, 0.4) is 0 Å². The van der Waals surface area contributed by atoms with Gasteiger partial charge < -0.3 is 5.32 Å². The van der Waals surface area contributed by atoms with E-state index in [1.807, 2.05) is 25.1 Å². The van der Waals surface area contributed by atoms with Gasteiger partial charge in [-0.3, -0.25) is 9.88 Å². The van der Waals surface area contributed by atoms with Gasteiger partial charge in [0.1, 0.15) is 0 Å². The van der Waals surface area contributed by atoms with E-state index >= 15 is 0 Å². The van der Waals surface area contributed by atoms with Gasteiger partial charge in [-0.05, 0) is 43.8 Å². The van der Waals surface area contributed by atoms with Gasteiger partial charge >= 0.3 is 0 Å². The number of nitrogens with zero attached hydrogens (tertiary/aromatic N) is 2. The van der Waals surface area contributed by atoms with Crippen LogP contribution in [0.4, 0.5) is 5.69 Å². The standard InChI is InChI=1S/C22H26ClN3/c1-4-26(5-2)22(17-10-6-8-12-19(17)23)15-24-21-14-16(3)25-20-13-9-7-11-18(20)21/h6-14,22H,4-5,15H2,1-3H3,(H,24,25)/t22-/m1/s1. The number of rotatable bonds is 7. The van der Waals surface area contributed by atoms with Crippen molar-refractivity contribution in [2.45, 2.75) is 26.8 Å². The molecule has 3 nitrogen and oxygen atoms in total. The van der Waals surface area contributed by atoms with Crippen molar-refractivity contribution in [3.8, 4) is 0 Å². The molecule has 2 aromatic carbocycles. The molecule has 1 aromatic heterocycles. The summed E-state index contributed by atoms with van der Waals surface area (Å²) >= 11 is 6.51. The van der Waals surface area contributed by atoms with Crippen LogP contribution in [0.25, 0.3) is 10.9 Å². The molecule has 1 heterocycles. The third kappa shape index (κ3) is 4.00. The second kappa shape index (κ2) is 8.52. The Labute approximate surface area is 161 Å². The van der Waals surface area contributed by atoms with Gasteiger partial charge in [0.05, 0.1) is 11.6 Å². The zero-order valence-electron chi connectivity index (χ0n) is 15.7. The van der Waals surface area contributed by atoms with E-state index in [2.05, 4.69) is 65.4 Å². The summed E-state index contributed by atoms with van der Waals surface area (Å²) in [5, 5.41) is 5.63. The highest BCUT2D eigenvalue weighted by atomic mass is 35.5. The van der Waals surface area contributed by atoms with Gasteiger partial charge in [0.2, 0.25) is 0 Å². The first-order valence-electron chi connectivity index (χ1n) is 9.22. The third-order valence-electron chi connectivity index (χ3n) is 4.85. The van der Waals surface area contributed by atoms with Crippen LogP contribution in [0, 0.1) is 6.92 Å². The van der Waals surface area contributed by atoms with E-state index in [4.69, 9.17) is 11.6 Å². The van der Waals surface area contributed by atoms with Crippen molar-refractivity contribution in [2.24, 2.45) is 0 Å². The maximum absolute atomic E-state index is 6.51. The number of hydrogen-bond donors (Lipinski definition) is 1. The molecule has 0 saturated carbocycles. The summed E-state index contributed by atoms with van der Waals surface area (Å²) in [6.45, 7) is 9.17. The highest BCUT2D eigenvalue weighted by Gasteiger charge is 2.20. The van der Waals surface area contributed by atoms with Gasteiger partial charge in [-0.15, -0.1) is 0 Å². The highest BCUT2D eigenvalue weighted by molar-refractivity contribution is 6.31. The van der Waals surface area contributed by atoms with E-state index in [1.54, 1.807) is 0 Å². The minimum absolute atomic E-state index is 0.214. The van der Waals surface area contributed by atoms with Crippen molar-refractivity contribution >= 4 is 28.2 Å². The smallest absolute Gasteiger partial charge is 0.0725 e. The van der Waals surface area contributed by atoms with Crippen molar-refractivity contribution < 1.29 is 0 Å². The second-order valence-electron chi connectivity index (χ2n) is 6.47. The maximum Gasteiger partial charge on any atom is 0.0725 e. The number of pyridine rings is 1. The summed E-state index contributed by atoms with van der Waals surface area (Å²) in [6.07, 6.45) is 0. The van der Waals surface area contributed by atoms with Crippen LogP contribution in [0.5, 0.6) is 0 Å². The molecule has 26 heavy (non-hydrogen) atoms. The summed E-state index contributed by atoms with van der Waals surface area (Å²) < 4.78 is 0. The topological polar surface area (TPSA) is 28.2 Å². The quantitative estimate of drug-likeness (QED) is 0.581.